The molecule has 1 aromatic rings. The van der Waals surface area contributed by atoms with Crippen molar-refractivity contribution in [1.82, 2.24) is 4.37 Å². The molecule has 2 unspecified atom stereocenters. The molecule has 1 aromatic heterocycles. The topological polar surface area (TPSA) is 94.3 Å². The third kappa shape index (κ3) is 2.64. The summed E-state index contributed by atoms with van der Waals surface area (Å²) in [6, 6.07) is 0.215. The van der Waals surface area contributed by atoms with E-state index in [0.717, 1.165) is 37.2 Å². The highest BCUT2D eigenvalue weighted by Gasteiger charge is 2.41. The third-order valence-electron chi connectivity index (χ3n) is 3.74. The molecule has 2 atom stereocenters. The van der Waals surface area contributed by atoms with E-state index in [1.165, 1.54) is 0 Å². The lowest BCUT2D eigenvalue weighted by molar-refractivity contribution is 0.0232. The number of hydrogen-bond donors (Lipinski definition) is 2. The third-order valence-corrected chi connectivity index (χ3v) is 7.00. The second-order valence-corrected chi connectivity index (χ2v) is 8.46. The number of rotatable bonds is 4. The maximum Gasteiger partial charge on any atom is 0.187 e. The number of sulfone groups is 1. The first-order valence-corrected chi connectivity index (χ1v) is 9.17. The molecule has 8 heteroatoms. The van der Waals surface area contributed by atoms with Gasteiger partial charge in [0.2, 0.25) is 0 Å². The van der Waals surface area contributed by atoms with E-state index in [0.29, 0.717) is 11.6 Å². The van der Waals surface area contributed by atoms with Crippen molar-refractivity contribution in [3.63, 3.8) is 0 Å². The van der Waals surface area contributed by atoms with Crippen LogP contribution in [0.5, 0.6) is 0 Å². The number of nitrogen functional groups attached to an aromatic ring is 1. The van der Waals surface area contributed by atoms with Gasteiger partial charge in [-0.2, -0.15) is 4.37 Å². The van der Waals surface area contributed by atoms with Gasteiger partial charge in [-0.3, -0.25) is 0 Å². The van der Waals surface area contributed by atoms with Crippen LogP contribution in [0.3, 0.4) is 0 Å². The Hall–Kier alpha value is -0.860. The largest absolute Gasteiger partial charge is 0.382 e. The van der Waals surface area contributed by atoms with Crippen LogP contribution in [-0.4, -0.2) is 36.8 Å². The standard InChI is InChI=1S/C12H19N3O3S2/c1-7-6-8(4-5-18-7)14-12-10(11(13)15-19-12)20(16,17)9-2-3-9/h7-9,14H,2-6H2,1H3,(H2,13,15). The lowest BCUT2D eigenvalue weighted by Crippen LogP contribution is -2.32. The van der Waals surface area contributed by atoms with Gasteiger partial charge in [-0.1, -0.05) is 0 Å². The summed E-state index contributed by atoms with van der Waals surface area (Å²) >= 11 is 1.14. The van der Waals surface area contributed by atoms with Crippen LogP contribution in [0.2, 0.25) is 0 Å². The molecule has 1 aliphatic carbocycles. The summed E-state index contributed by atoms with van der Waals surface area (Å²) in [4.78, 5) is 0.212. The van der Waals surface area contributed by atoms with Crippen molar-refractivity contribution >= 4 is 32.2 Å². The van der Waals surface area contributed by atoms with Gasteiger partial charge in [0.15, 0.2) is 15.7 Å². The van der Waals surface area contributed by atoms with Crippen LogP contribution in [0.25, 0.3) is 0 Å². The average Bonchev–Trinajstić information content (AvgIpc) is 3.16. The quantitative estimate of drug-likeness (QED) is 0.876. The van der Waals surface area contributed by atoms with Crippen molar-refractivity contribution < 1.29 is 13.2 Å². The zero-order valence-electron chi connectivity index (χ0n) is 11.3. The van der Waals surface area contributed by atoms with Crippen LogP contribution in [0.4, 0.5) is 10.8 Å². The van der Waals surface area contributed by atoms with E-state index < -0.39 is 9.84 Å². The fourth-order valence-electron chi connectivity index (χ4n) is 2.52. The molecule has 20 heavy (non-hydrogen) atoms. The van der Waals surface area contributed by atoms with Gasteiger partial charge >= 0.3 is 0 Å². The molecule has 1 saturated carbocycles. The highest BCUT2D eigenvalue weighted by Crippen LogP contribution is 2.41. The molecule has 0 radical (unpaired) electrons. The fraction of sp³-hybridized carbons (Fsp3) is 0.750. The van der Waals surface area contributed by atoms with Crippen molar-refractivity contribution in [3.05, 3.63) is 0 Å². The minimum Gasteiger partial charge on any atom is -0.382 e. The molecule has 0 aromatic carbocycles. The monoisotopic (exact) mass is 317 g/mol. The van der Waals surface area contributed by atoms with E-state index in [1.807, 2.05) is 6.92 Å². The Kier molecular flexibility index (Phi) is 3.64. The van der Waals surface area contributed by atoms with Crippen LogP contribution in [0.1, 0.15) is 32.6 Å². The highest BCUT2D eigenvalue weighted by atomic mass is 32.2. The first kappa shape index (κ1) is 14.1. The smallest absolute Gasteiger partial charge is 0.187 e. The van der Waals surface area contributed by atoms with Crippen LogP contribution in [-0.2, 0) is 14.6 Å². The predicted octanol–water partition coefficient (Wildman–Crippen LogP) is 1.64. The van der Waals surface area contributed by atoms with Crippen molar-refractivity contribution in [2.75, 3.05) is 17.7 Å². The summed E-state index contributed by atoms with van der Waals surface area (Å²) in [6.07, 6.45) is 3.37. The zero-order valence-corrected chi connectivity index (χ0v) is 13.0. The van der Waals surface area contributed by atoms with Crippen molar-refractivity contribution in [1.29, 1.82) is 0 Å². The van der Waals surface area contributed by atoms with Crippen LogP contribution < -0.4 is 11.1 Å². The molecule has 0 bridgehead atoms. The summed E-state index contributed by atoms with van der Waals surface area (Å²) in [6.45, 7) is 2.72. The second-order valence-electron chi connectivity index (χ2n) is 5.52. The number of nitrogens with two attached hydrogens (primary N) is 1. The molecule has 3 rings (SSSR count). The van der Waals surface area contributed by atoms with E-state index in [9.17, 15) is 8.42 Å². The molecule has 6 nitrogen and oxygen atoms in total. The molecule has 2 fully saturated rings. The Morgan fingerprint density at radius 1 is 1.40 bits per heavy atom. The lowest BCUT2D eigenvalue weighted by atomic mass is 10.0. The van der Waals surface area contributed by atoms with E-state index in [1.54, 1.807) is 0 Å². The van der Waals surface area contributed by atoms with Crippen molar-refractivity contribution in [3.8, 4) is 0 Å². The van der Waals surface area contributed by atoms with Gasteiger partial charge < -0.3 is 15.8 Å². The number of anilines is 2. The van der Waals surface area contributed by atoms with Gasteiger partial charge in [-0.25, -0.2) is 8.42 Å². The predicted molar refractivity (Wildman–Crippen MR) is 78.8 cm³/mol. The second kappa shape index (κ2) is 5.16. The minimum atomic E-state index is -3.32. The van der Waals surface area contributed by atoms with Crippen LogP contribution in [0.15, 0.2) is 4.90 Å². The van der Waals surface area contributed by atoms with E-state index >= 15 is 0 Å². The van der Waals surface area contributed by atoms with Gasteiger partial charge in [-0.15, -0.1) is 0 Å². The van der Waals surface area contributed by atoms with E-state index in [2.05, 4.69) is 9.69 Å². The highest BCUT2D eigenvalue weighted by molar-refractivity contribution is 7.92. The van der Waals surface area contributed by atoms with Gasteiger partial charge in [0.05, 0.1) is 11.4 Å². The molecule has 3 N–H and O–H groups in total. The first-order chi connectivity index (χ1) is 9.48. The first-order valence-electron chi connectivity index (χ1n) is 6.85. The van der Waals surface area contributed by atoms with E-state index in [-0.39, 0.29) is 28.1 Å². The van der Waals surface area contributed by atoms with Gasteiger partial charge in [0, 0.05) is 12.6 Å². The lowest BCUT2D eigenvalue weighted by Gasteiger charge is -2.28. The number of hydrogen-bond acceptors (Lipinski definition) is 7. The molecule has 2 aliphatic rings. The molecule has 1 saturated heterocycles. The Bertz CT molecular complexity index is 595. The molecule has 112 valence electrons. The number of aromatic nitrogens is 1. The zero-order chi connectivity index (χ0) is 14.3. The number of nitrogens with zero attached hydrogens (tertiary/aromatic N) is 1. The summed E-state index contributed by atoms with van der Waals surface area (Å²) < 4.78 is 34.4. The maximum absolute atomic E-state index is 12.4. The van der Waals surface area contributed by atoms with Crippen molar-refractivity contribution in [2.45, 2.75) is 54.9 Å². The van der Waals surface area contributed by atoms with Gasteiger partial charge in [0.1, 0.15) is 9.90 Å². The van der Waals surface area contributed by atoms with Gasteiger partial charge in [-0.05, 0) is 44.1 Å². The Morgan fingerprint density at radius 3 is 2.80 bits per heavy atom. The average molecular weight is 317 g/mol. The molecule has 1 aliphatic heterocycles. The fourth-order valence-corrected chi connectivity index (χ4v) is 5.47. The summed E-state index contributed by atoms with van der Waals surface area (Å²) in [5, 5.41) is 3.63. The normalized spacial score (nSPS) is 27.4. The minimum absolute atomic E-state index is 0.129. The number of nitrogens with one attached hydrogen (secondary N) is 1. The molecule has 0 spiro atoms. The summed E-state index contributed by atoms with van der Waals surface area (Å²) in [5.41, 5.74) is 5.78. The SMILES string of the molecule is CC1CC(Nc2snc(N)c2S(=O)(=O)C2CC2)CCO1. The Morgan fingerprint density at radius 2 is 2.15 bits per heavy atom. The van der Waals surface area contributed by atoms with Gasteiger partial charge in [0.25, 0.3) is 0 Å². The summed E-state index contributed by atoms with van der Waals surface area (Å²) in [7, 11) is -3.32. The van der Waals surface area contributed by atoms with Crippen LogP contribution >= 0.6 is 11.5 Å². The van der Waals surface area contributed by atoms with E-state index in [4.69, 9.17) is 10.5 Å². The van der Waals surface area contributed by atoms with Crippen LogP contribution in [0, 0.1) is 0 Å². The Balaban J connectivity index is 1.83. The maximum atomic E-state index is 12.4. The van der Waals surface area contributed by atoms with Crippen molar-refractivity contribution in [2.24, 2.45) is 0 Å². The molecular formula is C12H19N3O3S2. The Labute approximate surface area is 122 Å². The number of ether oxygens (including phenoxy) is 1. The molecule has 2 heterocycles. The molecule has 0 amide bonds. The molecular weight excluding hydrogens is 298 g/mol. The summed E-state index contributed by atoms with van der Waals surface area (Å²) in [5.74, 6) is 0.129.